The van der Waals surface area contributed by atoms with Gasteiger partial charge in [0, 0.05) is 19.2 Å². The number of carbonyl (C=O) groups excluding carboxylic acids is 2. The van der Waals surface area contributed by atoms with E-state index in [0.717, 1.165) is 0 Å². The van der Waals surface area contributed by atoms with Gasteiger partial charge in [-0.2, -0.15) is 0 Å². The molecule has 0 saturated carbocycles. The Balaban J connectivity index is 2.79. The zero-order valence-electron chi connectivity index (χ0n) is 11.6. The number of phenols is 1. The molecule has 0 aliphatic rings. The van der Waals surface area contributed by atoms with Gasteiger partial charge in [-0.15, -0.1) is 0 Å². The Hall–Kier alpha value is -2.04. The van der Waals surface area contributed by atoms with E-state index in [4.69, 9.17) is 0 Å². The molecule has 1 atom stereocenters. The third-order valence-corrected chi connectivity index (χ3v) is 2.94. The molecule has 0 heterocycles. The number of carbonyl (C=O) groups is 2. The number of hydrogen-bond donors (Lipinski definition) is 1. The van der Waals surface area contributed by atoms with Gasteiger partial charge in [0.25, 0.3) is 5.91 Å². The number of esters is 1. The van der Waals surface area contributed by atoms with Gasteiger partial charge in [-0.25, -0.2) is 0 Å². The average Bonchev–Trinajstić information content (AvgIpc) is 2.36. The number of phenolic OH excluding ortho intramolecular Hbond substituents is 1. The number of hydrogen-bond acceptors (Lipinski definition) is 4. The van der Waals surface area contributed by atoms with Gasteiger partial charge in [-0.1, -0.05) is 6.92 Å². The number of aromatic hydroxyl groups is 1. The fourth-order valence-electron chi connectivity index (χ4n) is 1.86. The molecule has 1 N–H and O–H groups in total. The second kappa shape index (κ2) is 6.22. The van der Waals surface area contributed by atoms with Crippen LogP contribution < -0.4 is 0 Å². The van der Waals surface area contributed by atoms with Gasteiger partial charge >= 0.3 is 5.97 Å². The first-order chi connectivity index (χ1) is 8.86. The summed E-state index contributed by atoms with van der Waals surface area (Å²) in [6, 6.07) is 4.58. The predicted molar refractivity (Wildman–Crippen MR) is 71.0 cm³/mol. The van der Waals surface area contributed by atoms with E-state index >= 15 is 0 Å². The highest BCUT2D eigenvalue weighted by atomic mass is 16.5. The second-order valence-corrected chi connectivity index (χ2v) is 4.61. The SMILES string of the molecule is COC(=O)C(C)CN(C)C(=O)c1ccc(O)cc1C. The number of amides is 1. The summed E-state index contributed by atoms with van der Waals surface area (Å²) < 4.78 is 4.63. The average molecular weight is 265 g/mol. The highest BCUT2D eigenvalue weighted by Crippen LogP contribution is 2.17. The van der Waals surface area contributed by atoms with Crippen molar-refractivity contribution >= 4 is 11.9 Å². The number of nitrogens with zero attached hydrogens (tertiary/aromatic N) is 1. The van der Waals surface area contributed by atoms with Crippen LogP contribution in [-0.2, 0) is 9.53 Å². The molecule has 1 rings (SSSR count). The predicted octanol–water partition coefficient (Wildman–Crippen LogP) is 1.58. The van der Waals surface area contributed by atoms with Crippen molar-refractivity contribution in [2.75, 3.05) is 20.7 Å². The summed E-state index contributed by atoms with van der Waals surface area (Å²) in [4.78, 5) is 25.0. The van der Waals surface area contributed by atoms with Gasteiger partial charge in [-0.3, -0.25) is 9.59 Å². The normalized spacial score (nSPS) is 11.8. The van der Waals surface area contributed by atoms with E-state index in [9.17, 15) is 14.7 Å². The Labute approximate surface area is 112 Å². The zero-order valence-corrected chi connectivity index (χ0v) is 11.6. The van der Waals surface area contributed by atoms with Crippen molar-refractivity contribution < 1.29 is 19.4 Å². The molecule has 0 aromatic heterocycles. The first-order valence-electron chi connectivity index (χ1n) is 5.99. The van der Waals surface area contributed by atoms with E-state index in [1.165, 1.54) is 24.1 Å². The molecule has 5 nitrogen and oxygen atoms in total. The molecular weight excluding hydrogens is 246 g/mol. The van der Waals surface area contributed by atoms with Crippen LogP contribution in [0.4, 0.5) is 0 Å². The van der Waals surface area contributed by atoms with Gasteiger partial charge < -0.3 is 14.7 Å². The monoisotopic (exact) mass is 265 g/mol. The number of benzene rings is 1. The summed E-state index contributed by atoms with van der Waals surface area (Å²) in [5.74, 6) is -0.786. The van der Waals surface area contributed by atoms with E-state index in [2.05, 4.69) is 4.74 Å². The Morgan fingerprint density at radius 2 is 2.05 bits per heavy atom. The maximum absolute atomic E-state index is 12.2. The zero-order chi connectivity index (χ0) is 14.6. The summed E-state index contributed by atoms with van der Waals surface area (Å²) in [7, 11) is 2.96. The minimum absolute atomic E-state index is 0.125. The molecule has 1 aromatic carbocycles. The van der Waals surface area contributed by atoms with Crippen LogP contribution in [0.3, 0.4) is 0 Å². The second-order valence-electron chi connectivity index (χ2n) is 4.61. The summed E-state index contributed by atoms with van der Waals surface area (Å²) >= 11 is 0. The topological polar surface area (TPSA) is 66.8 Å². The van der Waals surface area contributed by atoms with Crippen LogP contribution in [0, 0.1) is 12.8 Å². The van der Waals surface area contributed by atoms with Crippen molar-refractivity contribution in [3.63, 3.8) is 0 Å². The molecule has 5 heteroatoms. The molecule has 0 aliphatic heterocycles. The minimum Gasteiger partial charge on any atom is -0.508 e. The molecule has 19 heavy (non-hydrogen) atoms. The maximum Gasteiger partial charge on any atom is 0.310 e. The lowest BCUT2D eigenvalue weighted by atomic mass is 10.1. The van der Waals surface area contributed by atoms with Crippen LogP contribution >= 0.6 is 0 Å². The lowest BCUT2D eigenvalue weighted by Crippen LogP contribution is -2.34. The molecule has 0 spiro atoms. The smallest absolute Gasteiger partial charge is 0.310 e. The fourth-order valence-corrected chi connectivity index (χ4v) is 1.86. The quantitative estimate of drug-likeness (QED) is 0.839. The maximum atomic E-state index is 12.2. The lowest BCUT2D eigenvalue weighted by molar-refractivity contribution is -0.145. The highest BCUT2D eigenvalue weighted by Gasteiger charge is 2.20. The summed E-state index contributed by atoms with van der Waals surface area (Å²) in [5.41, 5.74) is 1.21. The number of rotatable bonds is 4. The molecule has 1 amide bonds. The van der Waals surface area contributed by atoms with Crippen molar-refractivity contribution in [3.8, 4) is 5.75 Å². The standard InChI is InChI=1S/C14H19NO4/c1-9-7-11(16)5-6-12(9)13(17)15(3)8-10(2)14(18)19-4/h5-7,10,16H,8H2,1-4H3. The first-order valence-corrected chi connectivity index (χ1v) is 5.99. The van der Waals surface area contributed by atoms with Crippen LogP contribution in [0.25, 0.3) is 0 Å². The van der Waals surface area contributed by atoms with E-state index in [1.807, 2.05) is 0 Å². The third-order valence-electron chi connectivity index (χ3n) is 2.94. The summed E-state index contributed by atoms with van der Waals surface area (Å²) in [6.45, 7) is 3.75. The van der Waals surface area contributed by atoms with E-state index in [-0.39, 0.29) is 30.1 Å². The van der Waals surface area contributed by atoms with Gasteiger partial charge in [0.1, 0.15) is 5.75 Å². The molecule has 104 valence electrons. The van der Waals surface area contributed by atoms with Crippen molar-refractivity contribution in [2.24, 2.45) is 5.92 Å². The Morgan fingerprint density at radius 3 is 2.58 bits per heavy atom. The number of ether oxygens (including phenoxy) is 1. The van der Waals surface area contributed by atoms with Crippen molar-refractivity contribution in [1.29, 1.82) is 0 Å². The Bertz CT molecular complexity index is 484. The van der Waals surface area contributed by atoms with Crippen LogP contribution in [0.5, 0.6) is 5.75 Å². The third kappa shape index (κ3) is 3.71. The summed E-state index contributed by atoms with van der Waals surface area (Å²) in [5, 5.41) is 9.32. The molecule has 0 radical (unpaired) electrons. The fraction of sp³-hybridized carbons (Fsp3) is 0.429. The molecule has 1 aromatic rings. The van der Waals surface area contributed by atoms with Crippen LogP contribution in [0.1, 0.15) is 22.8 Å². The van der Waals surface area contributed by atoms with Gasteiger partial charge in [0.2, 0.25) is 0 Å². The highest BCUT2D eigenvalue weighted by molar-refractivity contribution is 5.95. The van der Waals surface area contributed by atoms with Crippen LogP contribution in [0.15, 0.2) is 18.2 Å². The largest absolute Gasteiger partial charge is 0.508 e. The Kier molecular flexibility index (Phi) is 4.92. The molecule has 0 saturated heterocycles. The van der Waals surface area contributed by atoms with Gasteiger partial charge in [-0.05, 0) is 30.7 Å². The summed E-state index contributed by atoms with van der Waals surface area (Å²) in [6.07, 6.45) is 0. The number of methoxy groups -OCH3 is 1. The number of aryl methyl sites for hydroxylation is 1. The minimum atomic E-state index is -0.378. The molecule has 0 bridgehead atoms. The van der Waals surface area contributed by atoms with E-state index < -0.39 is 0 Å². The molecular formula is C14H19NO4. The van der Waals surface area contributed by atoms with Crippen LogP contribution in [0.2, 0.25) is 0 Å². The Morgan fingerprint density at radius 1 is 1.42 bits per heavy atom. The van der Waals surface area contributed by atoms with E-state index in [1.54, 1.807) is 27.0 Å². The van der Waals surface area contributed by atoms with Crippen molar-refractivity contribution in [1.82, 2.24) is 4.90 Å². The first kappa shape index (κ1) is 15.0. The van der Waals surface area contributed by atoms with Crippen molar-refractivity contribution in [3.05, 3.63) is 29.3 Å². The van der Waals surface area contributed by atoms with E-state index in [0.29, 0.717) is 11.1 Å². The molecule has 0 fully saturated rings. The lowest BCUT2D eigenvalue weighted by Gasteiger charge is -2.21. The van der Waals surface area contributed by atoms with Crippen molar-refractivity contribution in [2.45, 2.75) is 13.8 Å². The van der Waals surface area contributed by atoms with Crippen LogP contribution in [-0.4, -0.2) is 42.6 Å². The van der Waals surface area contributed by atoms with Gasteiger partial charge in [0.15, 0.2) is 0 Å². The van der Waals surface area contributed by atoms with Gasteiger partial charge in [0.05, 0.1) is 13.0 Å². The molecule has 1 unspecified atom stereocenters. The molecule has 0 aliphatic carbocycles.